The average molecular weight is 304 g/mol. The summed E-state index contributed by atoms with van der Waals surface area (Å²) in [5.41, 5.74) is 1.16. The van der Waals surface area contributed by atoms with Gasteiger partial charge in [-0.15, -0.1) is 5.10 Å². The molecule has 0 N–H and O–H groups in total. The van der Waals surface area contributed by atoms with Gasteiger partial charge in [-0.25, -0.2) is 0 Å². The Labute approximate surface area is 135 Å². The van der Waals surface area contributed by atoms with Crippen LogP contribution in [0.1, 0.15) is 89.7 Å². The Morgan fingerprint density at radius 3 is 2.36 bits per heavy atom. The number of nitrogens with zero attached hydrogens (tertiary/aromatic N) is 2. The number of hydrogen-bond acceptors (Lipinski definition) is 3. The van der Waals surface area contributed by atoms with Crippen LogP contribution < -0.4 is 4.74 Å². The Kier molecular flexibility index (Phi) is 7.68. The van der Waals surface area contributed by atoms with Gasteiger partial charge in [-0.3, -0.25) is 0 Å². The summed E-state index contributed by atoms with van der Waals surface area (Å²) in [5.74, 6) is 2.23. The maximum atomic E-state index is 5.59. The molecule has 1 aliphatic rings. The van der Waals surface area contributed by atoms with Crippen LogP contribution in [0.25, 0.3) is 0 Å². The molecule has 0 aromatic carbocycles. The topological polar surface area (TPSA) is 35.0 Å². The third-order valence-corrected chi connectivity index (χ3v) is 4.89. The molecule has 0 bridgehead atoms. The first-order valence-electron chi connectivity index (χ1n) is 9.29. The molecule has 1 heterocycles. The summed E-state index contributed by atoms with van der Waals surface area (Å²) in [6, 6.07) is 4.11. The van der Waals surface area contributed by atoms with Gasteiger partial charge in [-0.1, -0.05) is 46.0 Å². The van der Waals surface area contributed by atoms with E-state index in [4.69, 9.17) is 4.74 Å². The molecule has 1 aromatic heterocycles. The van der Waals surface area contributed by atoms with Crippen molar-refractivity contribution < 1.29 is 4.74 Å². The lowest BCUT2D eigenvalue weighted by Gasteiger charge is -2.28. The van der Waals surface area contributed by atoms with E-state index in [1.54, 1.807) is 0 Å². The van der Waals surface area contributed by atoms with E-state index in [1.165, 1.54) is 51.4 Å². The van der Waals surface area contributed by atoms with E-state index in [2.05, 4.69) is 30.1 Å². The van der Waals surface area contributed by atoms with E-state index in [9.17, 15) is 0 Å². The molecule has 3 heteroatoms. The third kappa shape index (κ3) is 5.58. The molecule has 3 nitrogen and oxygen atoms in total. The van der Waals surface area contributed by atoms with Crippen molar-refractivity contribution in [1.82, 2.24) is 10.2 Å². The first-order chi connectivity index (χ1) is 10.8. The Bertz CT molecular complexity index is 396. The van der Waals surface area contributed by atoms with Crippen molar-refractivity contribution in [3.63, 3.8) is 0 Å². The molecule has 0 saturated heterocycles. The van der Waals surface area contributed by atoms with E-state index < -0.39 is 0 Å². The molecular weight excluding hydrogens is 272 g/mol. The van der Waals surface area contributed by atoms with Gasteiger partial charge in [0, 0.05) is 12.0 Å². The van der Waals surface area contributed by atoms with Gasteiger partial charge in [0.2, 0.25) is 5.88 Å². The summed E-state index contributed by atoms with van der Waals surface area (Å²) >= 11 is 0. The number of rotatable bonds is 9. The van der Waals surface area contributed by atoms with Crippen molar-refractivity contribution in [3.8, 4) is 5.88 Å². The summed E-state index contributed by atoms with van der Waals surface area (Å²) in [4.78, 5) is 0. The zero-order valence-electron chi connectivity index (χ0n) is 14.4. The standard InChI is InChI=1S/C19H32N2O/c1-3-5-7-8-16-9-11-17(12-10-16)18-13-14-19(21-20-18)22-15-6-4-2/h13-14,16-17H,3-12,15H2,1-2H3. The predicted octanol–water partition coefficient (Wildman–Crippen LogP) is 5.51. The number of ether oxygens (including phenoxy) is 1. The van der Waals surface area contributed by atoms with Crippen molar-refractivity contribution in [2.75, 3.05) is 6.61 Å². The van der Waals surface area contributed by atoms with E-state index >= 15 is 0 Å². The predicted molar refractivity (Wildman–Crippen MR) is 91.3 cm³/mol. The normalized spacial score (nSPS) is 21.7. The van der Waals surface area contributed by atoms with Gasteiger partial charge in [0.25, 0.3) is 0 Å². The third-order valence-electron chi connectivity index (χ3n) is 4.89. The Balaban J connectivity index is 1.74. The molecule has 1 aromatic rings. The Morgan fingerprint density at radius 1 is 0.955 bits per heavy atom. The van der Waals surface area contributed by atoms with E-state index in [1.807, 2.05) is 6.07 Å². The molecule has 124 valence electrons. The molecule has 0 unspecified atom stereocenters. The second-order valence-corrected chi connectivity index (χ2v) is 6.71. The van der Waals surface area contributed by atoms with Gasteiger partial charge in [0.05, 0.1) is 12.3 Å². The summed E-state index contributed by atoms with van der Waals surface area (Å²) < 4.78 is 5.59. The average Bonchev–Trinajstić information content (AvgIpc) is 2.57. The van der Waals surface area contributed by atoms with Crippen molar-refractivity contribution in [2.24, 2.45) is 5.92 Å². The molecule has 1 aliphatic carbocycles. The highest BCUT2D eigenvalue weighted by atomic mass is 16.5. The fourth-order valence-corrected chi connectivity index (χ4v) is 3.38. The lowest BCUT2D eigenvalue weighted by Crippen LogP contribution is -2.14. The molecule has 1 saturated carbocycles. The van der Waals surface area contributed by atoms with Crippen LogP contribution in [0.3, 0.4) is 0 Å². The molecule has 0 spiro atoms. The fourth-order valence-electron chi connectivity index (χ4n) is 3.38. The van der Waals surface area contributed by atoms with Crippen molar-refractivity contribution in [1.29, 1.82) is 0 Å². The maximum Gasteiger partial charge on any atom is 0.233 e. The second kappa shape index (κ2) is 9.81. The zero-order valence-corrected chi connectivity index (χ0v) is 14.4. The fraction of sp³-hybridized carbons (Fsp3) is 0.789. The smallest absolute Gasteiger partial charge is 0.233 e. The van der Waals surface area contributed by atoms with Crippen molar-refractivity contribution in [3.05, 3.63) is 17.8 Å². The molecule has 0 atom stereocenters. The SMILES string of the molecule is CCCCCC1CCC(c2ccc(OCCCC)nn2)CC1. The summed E-state index contributed by atoms with van der Waals surface area (Å²) in [6.07, 6.45) is 13.1. The lowest BCUT2D eigenvalue weighted by molar-refractivity contribution is 0.287. The van der Waals surface area contributed by atoms with Crippen LogP contribution in [-0.4, -0.2) is 16.8 Å². The van der Waals surface area contributed by atoms with Gasteiger partial charge >= 0.3 is 0 Å². The molecule has 1 fully saturated rings. The van der Waals surface area contributed by atoms with Crippen LogP contribution >= 0.6 is 0 Å². The molecule has 0 amide bonds. The van der Waals surface area contributed by atoms with Gasteiger partial charge in [0.15, 0.2) is 0 Å². The second-order valence-electron chi connectivity index (χ2n) is 6.71. The maximum absolute atomic E-state index is 5.59. The minimum atomic E-state index is 0.611. The monoisotopic (exact) mass is 304 g/mol. The van der Waals surface area contributed by atoms with Gasteiger partial charge in [0.1, 0.15) is 0 Å². The lowest BCUT2D eigenvalue weighted by atomic mass is 9.78. The Hall–Kier alpha value is -1.12. The van der Waals surface area contributed by atoms with Crippen LogP contribution in [-0.2, 0) is 0 Å². The highest BCUT2D eigenvalue weighted by Crippen LogP contribution is 2.37. The van der Waals surface area contributed by atoms with Gasteiger partial charge < -0.3 is 4.74 Å². The minimum absolute atomic E-state index is 0.611. The number of hydrogen-bond donors (Lipinski definition) is 0. The number of unbranched alkanes of at least 4 members (excludes halogenated alkanes) is 3. The van der Waals surface area contributed by atoms with Crippen LogP contribution in [0.4, 0.5) is 0 Å². The first kappa shape index (κ1) is 17.2. The van der Waals surface area contributed by atoms with Gasteiger partial charge in [-0.05, 0) is 44.1 Å². The zero-order chi connectivity index (χ0) is 15.6. The molecule has 0 radical (unpaired) electrons. The van der Waals surface area contributed by atoms with E-state index in [0.29, 0.717) is 11.8 Å². The highest BCUT2D eigenvalue weighted by molar-refractivity contribution is 5.15. The van der Waals surface area contributed by atoms with Crippen LogP contribution in [0.5, 0.6) is 5.88 Å². The molecule has 0 aliphatic heterocycles. The minimum Gasteiger partial charge on any atom is -0.477 e. The van der Waals surface area contributed by atoms with Crippen LogP contribution in [0.15, 0.2) is 12.1 Å². The van der Waals surface area contributed by atoms with Crippen LogP contribution in [0, 0.1) is 5.92 Å². The quantitative estimate of drug-likeness (QED) is 0.564. The molecule has 2 rings (SSSR count). The Morgan fingerprint density at radius 2 is 1.73 bits per heavy atom. The van der Waals surface area contributed by atoms with E-state index in [-0.39, 0.29) is 0 Å². The van der Waals surface area contributed by atoms with Crippen LogP contribution in [0.2, 0.25) is 0 Å². The van der Waals surface area contributed by atoms with Crippen molar-refractivity contribution in [2.45, 2.75) is 84.0 Å². The van der Waals surface area contributed by atoms with Crippen molar-refractivity contribution >= 4 is 0 Å². The van der Waals surface area contributed by atoms with Gasteiger partial charge in [-0.2, -0.15) is 5.10 Å². The first-order valence-corrected chi connectivity index (χ1v) is 9.29. The summed E-state index contributed by atoms with van der Waals surface area (Å²) in [5, 5.41) is 8.64. The molecular formula is C19H32N2O. The summed E-state index contributed by atoms with van der Waals surface area (Å²) in [7, 11) is 0. The van der Waals surface area contributed by atoms with E-state index in [0.717, 1.165) is 31.1 Å². The number of aromatic nitrogens is 2. The molecule has 22 heavy (non-hydrogen) atoms. The largest absolute Gasteiger partial charge is 0.477 e. The highest BCUT2D eigenvalue weighted by Gasteiger charge is 2.23. The summed E-state index contributed by atoms with van der Waals surface area (Å²) in [6.45, 7) is 5.19.